The van der Waals surface area contributed by atoms with Gasteiger partial charge in [0.2, 0.25) is 0 Å². The summed E-state index contributed by atoms with van der Waals surface area (Å²) in [4.78, 5) is 38.4. The van der Waals surface area contributed by atoms with Crippen LogP contribution in [-0.2, 0) is 28.6 Å². The second kappa shape index (κ2) is 70.3. The summed E-state index contributed by atoms with van der Waals surface area (Å²) in [7, 11) is 0. The zero-order valence-electron chi connectivity index (χ0n) is 54.4. The minimum atomic E-state index is -0.790. The lowest BCUT2D eigenvalue weighted by atomic mass is 10.0. The highest BCUT2D eigenvalue weighted by Gasteiger charge is 2.19. The van der Waals surface area contributed by atoms with Crippen LogP contribution in [-0.4, -0.2) is 37.2 Å². The fourth-order valence-electron chi connectivity index (χ4n) is 9.67. The zero-order valence-corrected chi connectivity index (χ0v) is 54.4. The van der Waals surface area contributed by atoms with Gasteiger partial charge < -0.3 is 14.2 Å². The Balaban J connectivity index is 4.28. The maximum Gasteiger partial charge on any atom is 0.306 e. The average Bonchev–Trinajstić information content (AvgIpc) is 3.48. The fraction of sp³-hybridized carbons (Fsp3) is 0.701. The Hall–Kier alpha value is -4.19. The first-order valence-corrected chi connectivity index (χ1v) is 35.0. The van der Waals surface area contributed by atoms with Crippen LogP contribution < -0.4 is 0 Å². The van der Waals surface area contributed by atoms with Gasteiger partial charge in [-0.1, -0.05) is 303 Å². The van der Waals surface area contributed by atoms with Crippen molar-refractivity contribution in [2.45, 2.75) is 335 Å². The predicted molar refractivity (Wildman–Crippen MR) is 362 cm³/mol. The van der Waals surface area contributed by atoms with Gasteiger partial charge in [-0.15, -0.1) is 0 Å². The summed E-state index contributed by atoms with van der Waals surface area (Å²) in [6.45, 7) is 6.49. The van der Waals surface area contributed by atoms with Gasteiger partial charge in [0.1, 0.15) is 13.2 Å². The maximum absolute atomic E-state index is 12.9. The monoisotopic (exact) mass is 1150 g/mol. The number of hydrogen-bond acceptors (Lipinski definition) is 6. The number of rotatable bonds is 63. The number of unbranched alkanes of at least 4 members (excludes halogenated alkanes) is 32. The van der Waals surface area contributed by atoms with E-state index in [1.165, 1.54) is 167 Å². The normalized spacial score (nSPS) is 12.9. The van der Waals surface area contributed by atoms with Crippen LogP contribution in [0.4, 0.5) is 0 Å². The number of carbonyl (C=O) groups excluding carboxylic acids is 3. The van der Waals surface area contributed by atoms with Crippen LogP contribution in [0.5, 0.6) is 0 Å². The summed E-state index contributed by atoms with van der Waals surface area (Å²) in [5.41, 5.74) is 0. The Morgan fingerprint density at radius 3 is 0.783 bits per heavy atom. The minimum Gasteiger partial charge on any atom is -0.462 e. The molecule has 0 bridgehead atoms. The summed E-state index contributed by atoms with van der Waals surface area (Å²) < 4.78 is 16.9. The van der Waals surface area contributed by atoms with Crippen molar-refractivity contribution >= 4 is 17.9 Å². The van der Waals surface area contributed by atoms with Gasteiger partial charge in [0.15, 0.2) is 6.10 Å². The molecule has 0 spiro atoms. The molecule has 0 saturated heterocycles. The molecule has 0 radical (unpaired) electrons. The second-order valence-electron chi connectivity index (χ2n) is 23.1. The summed E-state index contributed by atoms with van der Waals surface area (Å²) >= 11 is 0. The SMILES string of the molecule is CC/C=C\C/C=C\C/C=C\C/C=C\C/C=C\C/C=C\C/C=C\CCCCCCCCCC(=O)OCC(COC(=O)CCCCCCC/C=C\CCCC)OC(=O)CCCCCCCCCCCCCCC/C=C\C/C=C\CCCCCCC. The summed E-state index contributed by atoms with van der Waals surface area (Å²) in [6.07, 6.45) is 97.9. The quantitative estimate of drug-likeness (QED) is 0.0261. The molecule has 474 valence electrons. The molecule has 0 N–H and O–H groups in total. The Labute approximate surface area is 513 Å². The standard InChI is InChI=1S/C77H130O6/c1-4-7-10-13-16-19-22-24-26-28-30-32-34-36-37-38-39-41-42-44-46-48-50-52-55-58-61-64-67-70-76(79)82-73-74(72-81-75(78)69-66-63-60-57-54-21-18-15-12-9-6-3)83-77(80)71-68-65-62-59-56-53-51-49-47-45-43-40-35-33-31-29-27-25-23-20-17-14-11-8-5-2/h7,10,15-16,18-19,23-26,29-32,36-37,39,41,44,46,74H,4-6,8-9,11-14,17,20-22,27-28,33-35,38,40,42-43,45,47-73H2,1-3H3/b10-7-,18-15-,19-16-,25-23-,26-24-,31-29-,32-30-,37-36-,41-39-,46-44-. The molecule has 0 heterocycles. The lowest BCUT2D eigenvalue weighted by Crippen LogP contribution is -2.30. The molecule has 0 aromatic heterocycles. The molecule has 0 aromatic rings. The minimum absolute atomic E-state index is 0.0866. The van der Waals surface area contributed by atoms with Gasteiger partial charge in [0, 0.05) is 19.3 Å². The molecule has 6 nitrogen and oxygen atoms in total. The molecule has 0 aliphatic rings. The van der Waals surface area contributed by atoms with E-state index in [1.54, 1.807) is 0 Å². The van der Waals surface area contributed by atoms with Crippen molar-refractivity contribution in [2.75, 3.05) is 13.2 Å². The molecule has 0 fully saturated rings. The number of allylic oxidation sites excluding steroid dienone is 20. The Bertz CT molecular complexity index is 1700. The van der Waals surface area contributed by atoms with Crippen molar-refractivity contribution in [1.82, 2.24) is 0 Å². The molecule has 1 unspecified atom stereocenters. The van der Waals surface area contributed by atoms with E-state index in [-0.39, 0.29) is 31.1 Å². The molecule has 0 aliphatic heterocycles. The predicted octanol–water partition coefficient (Wildman–Crippen LogP) is 24.3. The van der Waals surface area contributed by atoms with Crippen LogP contribution in [0.25, 0.3) is 0 Å². The molecule has 6 heteroatoms. The van der Waals surface area contributed by atoms with Crippen LogP contribution in [0.2, 0.25) is 0 Å². The Kier molecular flexibility index (Phi) is 66.7. The Morgan fingerprint density at radius 1 is 0.253 bits per heavy atom. The van der Waals surface area contributed by atoms with E-state index in [0.29, 0.717) is 19.3 Å². The second-order valence-corrected chi connectivity index (χ2v) is 23.1. The zero-order chi connectivity index (χ0) is 59.9. The molecule has 0 aliphatic carbocycles. The van der Waals surface area contributed by atoms with Crippen LogP contribution in [0.15, 0.2) is 122 Å². The number of hydrogen-bond donors (Lipinski definition) is 0. The van der Waals surface area contributed by atoms with Gasteiger partial charge in [0.25, 0.3) is 0 Å². The fourth-order valence-corrected chi connectivity index (χ4v) is 9.67. The van der Waals surface area contributed by atoms with Crippen molar-refractivity contribution in [3.8, 4) is 0 Å². The molecular weight excluding hydrogens is 1020 g/mol. The number of esters is 3. The average molecular weight is 1150 g/mol. The summed E-state index contributed by atoms with van der Waals surface area (Å²) in [5, 5.41) is 0. The van der Waals surface area contributed by atoms with E-state index in [1.807, 2.05) is 0 Å². The van der Waals surface area contributed by atoms with E-state index in [2.05, 4.69) is 142 Å². The summed E-state index contributed by atoms with van der Waals surface area (Å²) in [5.74, 6) is -0.899. The van der Waals surface area contributed by atoms with Crippen molar-refractivity contribution in [3.05, 3.63) is 122 Å². The third-order valence-corrected chi connectivity index (χ3v) is 14.9. The van der Waals surface area contributed by atoms with Gasteiger partial charge >= 0.3 is 17.9 Å². The highest BCUT2D eigenvalue weighted by Crippen LogP contribution is 2.16. The highest BCUT2D eigenvalue weighted by atomic mass is 16.6. The van der Waals surface area contributed by atoms with Crippen LogP contribution in [0.1, 0.15) is 329 Å². The molecule has 0 amide bonds. The van der Waals surface area contributed by atoms with Crippen LogP contribution in [0.3, 0.4) is 0 Å². The van der Waals surface area contributed by atoms with Crippen molar-refractivity contribution in [1.29, 1.82) is 0 Å². The van der Waals surface area contributed by atoms with Crippen molar-refractivity contribution in [3.63, 3.8) is 0 Å². The lowest BCUT2D eigenvalue weighted by molar-refractivity contribution is -0.167. The van der Waals surface area contributed by atoms with Crippen molar-refractivity contribution in [2.24, 2.45) is 0 Å². The third-order valence-electron chi connectivity index (χ3n) is 14.9. The van der Waals surface area contributed by atoms with Gasteiger partial charge in [0.05, 0.1) is 0 Å². The molecule has 0 aromatic carbocycles. The largest absolute Gasteiger partial charge is 0.462 e. The molecule has 0 saturated carbocycles. The molecular formula is C77H130O6. The topological polar surface area (TPSA) is 78.9 Å². The van der Waals surface area contributed by atoms with Gasteiger partial charge in [-0.25, -0.2) is 0 Å². The first-order chi connectivity index (χ1) is 41.0. The van der Waals surface area contributed by atoms with Crippen LogP contribution >= 0.6 is 0 Å². The smallest absolute Gasteiger partial charge is 0.306 e. The van der Waals surface area contributed by atoms with E-state index < -0.39 is 6.10 Å². The Morgan fingerprint density at radius 2 is 0.482 bits per heavy atom. The van der Waals surface area contributed by atoms with E-state index in [4.69, 9.17) is 14.2 Å². The number of carbonyl (C=O) groups is 3. The maximum atomic E-state index is 12.9. The van der Waals surface area contributed by atoms with Crippen LogP contribution in [0, 0.1) is 0 Å². The molecule has 83 heavy (non-hydrogen) atoms. The van der Waals surface area contributed by atoms with Gasteiger partial charge in [-0.05, 0) is 128 Å². The van der Waals surface area contributed by atoms with E-state index >= 15 is 0 Å². The number of ether oxygens (including phenoxy) is 3. The first kappa shape index (κ1) is 78.8. The van der Waals surface area contributed by atoms with Gasteiger partial charge in [-0.3, -0.25) is 14.4 Å². The molecule has 1 atom stereocenters. The van der Waals surface area contributed by atoms with Crippen molar-refractivity contribution < 1.29 is 28.6 Å². The first-order valence-electron chi connectivity index (χ1n) is 35.0. The van der Waals surface area contributed by atoms with E-state index in [0.717, 1.165) is 122 Å². The highest BCUT2D eigenvalue weighted by molar-refractivity contribution is 5.71. The lowest BCUT2D eigenvalue weighted by Gasteiger charge is -2.18. The third kappa shape index (κ3) is 68.5. The summed E-state index contributed by atoms with van der Waals surface area (Å²) in [6, 6.07) is 0. The van der Waals surface area contributed by atoms with E-state index in [9.17, 15) is 14.4 Å². The molecule has 0 rings (SSSR count). The van der Waals surface area contributed by atoms with Gasteiger partial charge in [-0.2, -0.15) is 0 Å².